The molecule has 0 radical (unpaired) electrons. The second-order valence-electron chi connectivity index (χ2n) is 5.97. The molecule has 2 aromatic rings. The van der Waals surface area contributed by atoms with E-state index in [0.29, 0.717) is 6.04 Å². The van der Waals surface area contributed by atoms with Gasteiger partial charge in [-0.1, -0.05) is 48.0 Å². The van der Waals surface area contributed by atoms with Gasteiger partial charge in [-0.05, 0) is 48.3 Å². The first-order valence-corrected chi connectivity index (χ1v) is 7.98. The van der Waals surface area contributed by atoms with Crippen LogP contribution in [-0.4, -0.2) is 16.8 Å². The van der Waals surface area contributed by atoms with Crippen LogP contribution in [0.5, 0.6) is 0 Å². The van der Waals surface area contributed by atoms with Crippen LogP contribution in [0.25, 0.3) is 6.08 Å². The second kappa shape index (κ2) is 5.29. The van der Waals surface area contributed by atoms with E-state index in [0.717, 1.165) is 29.5 Å². The zero-order valence-corrected chi connectivity index (χ0v) is 13.2. The summed E-state index contributed by atoms with van der Waals surface area (Å²) in [6.07, 6.45) is 3.29. The Labute approximate surface area is 135 Å². The summed E-state index contributed by atoms with van der Waals surface area (Å²) in [5, 5.41) is 0.746. The summed E-state index contributed by atoms with van der Waals surface area (Å²) in [5.74, 6) is 1.10. The van der Waals surface area contributed by atoms with Crippen LogP contribution >= 0.6 is 11.6 Å². The number of benzene rings is 2. The van der Waals surface area contributed by atoms with Gasteiger partial charge in [-0.2, -0.15) is 0 Å². The van der Waals surface area contributed by atoms with Crippen LogP contribution in [0.1, 0.15) is 24.5 Å². The van der Waals surface area contributed by atoms with Crippen LogP contribution in [0.2, 0.25) is 5.02 Å². The van der Waals surface area contributed by atoms with E-state index < -0.39 is 0 Å². The third-order valence-corrected chi connectivity index (χ3v) is 4.60. The molecule has 0 spiro atoms. The minimum absolute atomic E-state index is 0.484. The highest BCUT2D eigenvalue weighted by atomic mass is 35.5. The fourth-order valence-electron chi connectivity index (χ4n) is 3.23. The van der Waals surface area contributed by atoms with Crippen LogP contribution in [0.4, 0.5) is 5.69 Å². The number of amidine groups is 1. The Hall–Kier alpha value is -2.06. The predicted octanol–water partition coefficient (Wildman–Crippen LogP) is 5.06. The van der Waals surface area contributed by atoms with Gasteiger partial charge in [-0.25, -0.2) is 4.99 Å². The molecule has 0 bridgehead atoms. The summed E-state index contributed by atoms with van der Waals surface area (Å²) in [7, 11) is 0. The monoisotopic (exact) mass is 308 g/mol. The van der Waals surface area contributed by atoms with E-state index in [1.807, 2.05) is 18.2 Å². The molecular formula is C19H17ClN2. The number of fused-ring (bicyclic) bond motifs is 2. The first-order chi connectivity index (χ1) is 10.7. The molecular weight excluding hydrogens is 292 g/mol. The Morgan fingerprint density at radius 2 is 2.00 bits per heavy atom. The van der Waals surface area contributed by atoms with Crippen LogP contribution < -0.4 is 0 Å². The zero-order chi connectivity index (χ0) is 15.1. The van der Waals surface area contributed by atoms with Crippen LogP contribution in [0.15, 0.2) is 59.1 Å². The molecule has 0 amide bonds. The average molecular weight is 309 g/mol. The molecule has 2 aliphatic rings. The third kappa shape index (κ3) is 2.34. The summed E-state index contributed by atoms with van der Waals surface area (Å²) < 4.78 is 0. The largest absolute Gasteiger partial charge is 0.349 e. The van der Waals surface area contributed by atoms with Crippen molar-refractivity contribution < 1.29 is 0 Å². The number of nitrogens with zero attached hydrogens (tertiary/aromatic N) is 2. The van der Waals surface area contributed by atoms with Gasteiger partial charge < -0.3 is 4.90 Å². The molecule has 1 fully saturated rings. The van der Waals surface area contributed by atoms with Crippen molar-refractivity contribution in [3.8, 4) is 0 Å². The van der Waals surface area contributed by atoms with E-state index in [4.69, 9.17) is 16.6 Å². The number of rotatable bonds is 1. The van der Waals surface area contributed by atoms with Crippen molar-refractivity contribution in [1.82, 2.24) is 4.90 Å². The summed E-state index contributed by atoms with van der Waals surface area (Å²) in [6.45, 7) is 3.18. The number of hydrogen-bond acceptors (Lipinski definition) is 2. The predicted molar refractivity (Wildman–Crippen MR) is 92.6 cm³/mol. The van der Waals surface area contributed by atoms with Gasteiger partial charge in [0.2, 0.25) is 0 Å². The van der Waals surface area contributed by atoms with Crippen molar-refractivity contribution in [2.45, 2.75) is 25.9 Å². The van der Waals surface area contributed by atoms with Crippen LogP contribution in [0.3, 0.4) is 0 Å². The summed E-state index contributed by atoms with van der Waals surface area (Å²) in [4.78, 5) is 7.28. The average Bonchev–Trinajstić information content (AvgIpc) is 2.82. The van der Waals surface area contributed by atoms with Gasteiger partial charge in [0.15, 0.2) is 0 Å². The van der Waals surface area contributed by atoms with Gasteiger partial charge in [0, 0.05) is 17.6 Å². The molecule has 2 aliphatic heterocycles. The van der Waals surface area contributed by atoms with E-state index in [-0.39, 0.29) is 0 Å². The molecule has 110 valence electrons. The summed E-state index contributed by atoms with van der Waals surface area (Å²) in [5.41, 5.74) is 4.79. The number of halogens is 1. The lowest BCUT2D eigenvalue weighted by atomic mass is 10.1. The smallest absolute Gasteiger partial charge is 0.133 e. The maximum Gasteiger partial charge on any atom is 0.133 e. The first kappa shape index (κ1) is 13.6. The molecule has 1 unspecified atom stereocenters. The highest BCUT2D eigenvalue weighted by molar-refractivity contribution is 6.30. The maximum absolute atomic E-state index is 6.12. The maximum atomic E-state index is 6.12. The minimum Gasteiger partial charge on any atom is -0.349 e. The fraction of sp³-hybridized carbons (Fsp3) is 0.211. The Morgan fingerprint density at radius 1 is 1.18 bits per heavy atom. The Bertz CT molecular complexity index is 777. The summed E-state index contributed by atoms with van der Waals surface area (Å²) in [6, 6.07) is 16.9. The quantitative estimate of drug-likeness (QED) is 0.719. The first-order valence-electron chi connectivity index (χ1n) is 7.60. The van der Waals surface area contributed by atoms with E-state index in [1.165, 1.54) is 16.7 Å². The standard InChI is InChI=1S/C19H17ClN2/c1-13-9-16(10-14-5-3-2-4-6-14)19-21-18-11-17(20)8-7-15(18)12-22(13)19/h2-8,10-11,13H,9,12H2,1H3. The summed E-state index contributed by atoms with van der Waals surface area (Å²) >= 11 is 6.12. The molecule has 4 rings (SSSR count). The van der Waals surface area contributed by atoms with Crippen molar-refractivity contribution in [1.29, 1.82) is 0 Å². The van der Waals surface area contributed by atoms with E-state index in [9.17, 15) is 0 Å². The molecule has 1 saturated heterocycles. The Balaban J connectivity index is 1.79. The normalized spacial score (nSPS) is 21.5. The second-order valence-corrected chi connectivity index (χ2v) is 6.41. The minimum atomic E-state index is 0.484. The molecule has 0 aromatic heterocycles. The van der Waals surface area contributed by atoms with E-state index >= 15 is 0 Å². The molecule has 2 heterocycles. The molecule has 0 saturated carbocycles. The van der Waals surface area contributed by atoms with Crippen molar-refractivity contribution in [2.75, 3.05) is 0 Å². The van der Waals surface area contributed by atoms with Gasteiger partial charge in [0.05, 0.1) is 5.69 Å². The Morgan fingerprint density at radius 3 is 2.82 bits per heavy atom. The number of hydrogen-bond donors (Lipinski definition) is 0. The molecule has 2 nitrogen and oxygen atoms in total. The number of aliphatic imine (C=N–C) groups is 1. The fourth-order valence-corrected chi connectivity index (χ4v) is 3.39. The molecule has 0 aliphatic carbocycles. The van der Waals surface area contributed by atoms with Crippen molar-refractivity contribution in [2.24, 2.45) is 4.99 Å². The molecule has 1 atom stereocenters. The van der Waals surface area contributed by atoms with E-state index in [1.54, 1.807) is 0 Å². The van der Waals surface area contributed by atoms with Crippen molar-refractivity contribution >= 4 is 29.2 Å². The highest BCUT2D eigenvalue weighted by Crippen LogP contribution is 2.37. The van der Waals surface area contributed by atoms with Gasteiger partial charge >= 0.3 is 0 Å². The lowest BCUT2D eigenvalue weighted by Gasteiger charge is -2.28. The van der Waals surface area contributed by atoms with Gasteiger partial charge in [0.1, 0.15) is 5.84 Å². The molecule has 0 N–H and O–H groups in total. The lowest BCUT2D eigenvalue weighted by Crippen LogP contribution is -2.32. The van der Waals surface area contributed by atoms with Crippen LogP contribution in [0, 0.1) is 0 Å². The van der Waals surface area contributed by atoms with Gasteiger partial charge in [0.25, 0.3) is 0 Å². The van der Waals surface area contributed by atoms with E-state index in [2.05, 4.69) is 48.2 Å². The molecule has 3 heteroatoms. The lowest BCUT2D eigenvalue weighted by molar-refractivity contribution is 0.348. The molecule has 2 aromatic carbocycles. The van der Waals surface area contributed by atoms with Gasteiger partial charge in [-0.15, -0.1) is 0 Å². The van der Waals surface area contributed by atoms with Crippen LogP contribution in [-0.2, 0) is 6.54 Å². The zero-order valence-electron chi connectivity index (χ0n) is 12.5. The highest BCUT2D eigenvalue weighted by Gasteiger charge is 2.33. The Kier molecular flexibility index (Phi) is 3.27. The van der Waals surface area contributed by atoms with Crippen molar-refractivity contribution in [3.63, 3.8) is 0 Å². The topological polar surface area (TPSA) is 15.6 Å². The van der Waals surface area contributed by atoms with Crippen molar-refractivity contribution in [3.05, 3.63) is 70.3 Å². The third-order valence-electron chi connectivity index (χ3n) is 4.36. The SMILES string of the molecule is CC1CC(=Cc2ccccc2)C2=Nc3cc(Cl)ccc3CN21. The van der Waals surface area contributed by atoms with Gasteiger partial charge in [-0.3, -0.25) is 0 Å². The molecule has 22 heavy (non-hydrogen) atoms.